The molecule has 10 heteroatoms. The number of hydrogen-bond acceptors (Lipinski definition) is 7. The van der Waals surface area contributed by atoms with Gasteiger partial charge in [-0.1, -0.05) is 30.9 Å². The van der Waals surface area contributed by atoms with E-state index >= 15 is 0 Å². The predicted octanol–water partition coefficient (Wildman–Crippen LogP) is 6.34. The zero-order valence-corrected chi connectivity index (χ0v) is 21.9. The van der Waals surface area contributed by atoms with Crippen LogP contribution in [0.25, 0.3) is 11.3 Å². The van der Waals surface area contributed by atoms with Crippen molar-refractivity contribution in [2.45, 2.75) is 51.0 Å². The topological polar surface area (TPSA) is 71.1 Å². The van der Waals surface area contributed by atoms with Crippen molar-refractivity contribution in [2.75, 3.05) is 48.9 Å². The van der Waals surface area contributed by atoms with Crippen molar-refractivity contribution in [2.24, 2.45) is 5.92 Å². The standard InChI is InChI=1S/C22H28ClFN4O.C3H8FNS/c23-18-14-25-21(27-16-4-2-1-3-5-16)12-17(18)20-7-6-19(24)22(28-20)26-13-15-8-10-29-11-9-15;1-6-3-2-5-4/h6-7,12,14-16H,1-5,8-11,13H2,(H,25,27)(H,26,28);5H,2-3H2,1H3. The molecule has 35 heavy (non-hydrogen) atoms. The Hall–Kier alpha value is -1.68. The summed E-state index contributed by atoms with van der Waals surface area (Å²) in [5.74, 6) is 2.02. The fraction of sp³-hybridized carbons (Fsp3) is 0.600. The minimum Gasteiger partial charge on any atom is -0.381 e. The van der Waals surface area contributed by atoms with Gasteiger partial charge >= 0.3 is 0 Å². The van der Waals surface area contributed by atoms with Gasteiger partial charge in [-0.3, -0.25) is 0 Å². The number of pyridine rings is 2. The zero-order chi connectivity index (χ0) is 24.9. The van der Waals surface area contributed by atoms with Gasteiger partial charge in [0, 0.05) is 49.9 Å². The lowest BCUT2D eigenvalue weighted by molar-refractivity contribution is 0.0699. The average Bonchev–Trinajstić information content (AvgIpc) is 2.90. The van der Waals surface area contributed by atoms with Gasteiger partial charge in [0.1, 0.15) is 5.82 Å². The molecule has 0 bridgehead atoms. The van der Waals surface area contributed by atoms with Gasteiger partial charge in [0.05, 0.1) is 10.7 Å². The van der Waals surface area contributed by atoms with Gasteiger partial charge in [0.25, 0.3) is 0 Å². The maximum atomic E-state index is 14.3. The second kappa shape index (κ2) is 15.4. The summed E-state index contributed by atoms with van der Waals surface area (Å²) < 4.78 is 30.6. The van der Waals surface area contributed by atoms with Crippen LogP contribution in [0, 0.1) is 11.7 Å². The van der Waals surface area contributed by atoms with Gasteiger partial charge < -0.3 is 15.4 Å². The first-order valence-electron chi connectivity index (χ1n) is 12.3. The number of nitrogens with zero attached hydrogens (tertiary/aromatic N) is 2. The Balaban J connectivity index is 0.000000509. The summed E-state index contributed by atoms with van der Waals surface area (Å²) in [6.07, 6.45) is 11.7. The van der Waals surface area contributed by atoms with E-state index in [1.54, 1.807) is 29.6 Å². The van der Waals surface area contributed by atoms with Crippen molar-refractivity contribution in [3.05, 3.63) is 35.2 Å². The smallest absolute Gasteiger partial charge is 0.165 e. The Bertz CT molecular complexity index is 894. The largest absolute Gasteiger partial charge is 0.381 e. The van der Waals surface area contributed by atoms with Crippen LogP contribution in [-0.4, -0.2) is 54.3 Å². The molecule has 6 nitrogen and oxygen atoms in total. The van der Waals surface area contributed by atoms with E-state index in [1.807, 2.05) is 12.3 Å². The average molecular weight is 528 g/mol. The van der Waals surface area contributed by atoms with E-state index in [0.717, 1.165) is 56.0 Å². The molecule has 3 heterocycles. The number of halogens is 3. The molecule has 0 atom stereocenters. The van der Waals surface area contributed by atoms with Crippen molar-refractivity contribution in [1.82, 2.24) is 15.5 Å². The first-order chi connectivity index (χ1) is 17.1. The van der Waals surface area contributed by atoms with Crippen LogP contribution in [0.2, 0.25) is 5.02 Å². The molecule has 0 radical (unpaired) electrons. The quantitative estimate of drug-likeness (QED) is 0.259. The highest BCUT2D eigenvalue weighted by molar-refractivity contribution is 7.98. The molecular formula is C25H36ClF2N5OS. The summed E-state index contributed by atoms with van der Waals surface area (Å²) in [5.41, 5.74) is 2.95. The van der Waals surface area contributed by atoms with E-state index < -0.39 is 0 Å². The van der Waals surface area contributed by atoms with Crippen molar-refractivity contribution in [3.63, 3.8) is 0 Å². The fourth-order valence-electron chi connectivity index (χ4n) is 4.22. The fourth-order valence-corrected chi connectivity index (χ4v) is 4.70. The molecule has 2 fully saturated rings. The summed E-state index contributed by atoms with van der Waals surface area (Å²) in [4.78, 5) is 8.94. The summed E-state index contributed by atoms with van der Waals surface area (Å²) >= 11 is 8.03. The van der Waals surface area contributed by atoms with Crippen LogP contribution < -0.4 is 16.2 Å². The molecule has 1 saturated heterocycles. The van der Waals surface area contributed by atoms with Crippen LogP contribution in [0.5, 0.6) is 0 Å². The van der Waals surface area contributed by atoms with Crippen molar-refractivity contribution < 1.29 is 13.6 Å². The molecule has 0 unspecified atom stereocenters. The minimum absolute atomic E-state index is 0.267. The first-order valence-corrected chi connectivity index (χ1v) is 14.1. The normalized spacial score (nSPS) is 16.9. The molecule has 2 aromatic rings. The lowest BCUT2D eigenvalue weighted by Crippen LogP contribution is -2.23. The van der Waals surface area contributed by atoms with Crippen molar-refractivity contribution >= 4 is 35.0 Å². The minimum atomic E-state index is -0.355. The molecule has 2 aromatic heterocycles. The summed E-state index contributed by atoms with van der Waals surface area (Å²) in [5, 5.41) is 7.20. The second-order valence-electron chi connectivity index (χ2n) is 8.87. The van der Waals surface area contributed by atoms with E-state index in [4.69, 9.17) is 16.3 Å². The van der Waals surface area contributed by atoms with Crippen molar-refractivity contribution in [3.8, 4) is 11.3 Å². The third-order valence-corrected chi connectivity index (χ3v) is 7.15. The highest BCUT2D eigenvalue weighted by Crippen LogP contribution is 2.31. The van der Waals surface area contributed by atoms with Gasteiger partial charge in [-0.15, -0.1) is 4.48 Å². The molecular weight excluding hydrogens is 492 g/mol. The van der Waals surface area contributed by atoms with Crippen molar-refractivity contribution in [1.29, 1.82) is 0 Å². The number of rotatable bonds is 9. The molecule has 194 valence electrons. The molecule has 1 aliphatic heterocycles. The Labute approximate surface area is 216 Å². The molecule has 1 aliphatic carbocycles. The molecule has 2 aliphatic rings. The molecule has 0 aromatic carbocycles. The number of ether oxygens (including phenoxy) is 1. The number of thioether (sulfide) groups is 1. The van der Waals surface area contributed by atoms with Crippen LogP contribution in [0.3, 0.4) is 0 Å². The van der Waals surface area contributed by atoms with Crippen LogP contribution in [0.15, 0.2) is 24.4 Å². The third-order valence-electron chi connectivity index (χ3n) is 6.23. The molecule has 3 N–H and O–H groups in total. The molecule has 1 saturated carbocycles. The lowest BCUT2D eigenvalue weighted by atomic mass is 9.95. The monoisotopic (exact) mass is 527 g/mol. The predicted molar refractivity (Wildman–Crippen MR) is 142 cm³/mol. The van der Waals surface area contributed by atoms with E-state index in [2.05, 4.69) is 20.6 Å². The van der Waals surface area contributed by atoms with Gasteiger partial charge in [-0.2, -0.15) is 17.3 Å². The van der Waals surface area contributed by atoms with E-state index in [9.17, 15) is 8.87 Å². The highest BCUT2D eigenvalue weighted by atomic mass is 35.5. The maximum absolute atomic E-state index is 14.3. The summed E-state index contributed by atoms with van der Waals surface area (Å²) in [6, 6.07) is 5.47. The molecule has 0 amide bonds. The van der Waals surface area contributed by atoms with Gasteiger partial charge in [-0.25, -0.2) is 14.4 Å². The van der Waals surface area contributed by atoms with E-state index in [-0.39, 0.29) is 11.6 Å². The first kappa shape index (κ1) is 27.9. The van der Waals surface area contributed by atoms with Crippen LogP contribution >= 0.6 is 23.4 Å². The zero-order valence-electron chi connectivity index (χ0n) is 20.3. The highest BCUT2D eigenvalue weighted by Gasteiger charge is 2.17. The molecule has 0 spiro atoms. The summed E-state index contributed by atoms with van der Waals surface area (Å²) in [7, 11) is 0. The van der Waals surface area contributed by atoms with Crippen LogP contribution in [-0.2, 0) is 4.74 Å². The maximum Gasteiger partial charge on any atom is 0.165 e. The molecule has 4 rings (SSSR count). The third kappa shape index (κ3) is 9.37. The number of aromatic nitrogens is 2. The summed E-state index contributed by atoms with van der Waals surface area (Å²) in [6.45, 7) is 2.69. The Morgan fingerprint density at radius 2 is 1.91 bits per heavy atom. The second-order valence-corrected chi connectivity index (χ2v) is 10.3. The number of hydrogen-bond donors (Lipinski definition) is 3. The van der Waals surface area contributed by atoms with E-state index in [0.29, 0.717) is 35.8 Å². The van der Waals surface area contributed by atoms with E-state index in [1.165, 1.54) is 25.3 Å². The Kier molecular flexibility index (Phi) is 12.3. The SMILES string of the molecule is CSCCNF.Fc1ccc(-c2cc(NC3CCCCC3)ncc2Cl)nc1NCC1CCOCC1. The number of anilines is 2. The Morgan fingerprint density at radius 1 is 1.14 bits per heavy atom. The Morgan fingerprint density at radius 3 is 2.60 bits per heavy atom. The number of nitrogens with one attached hydrogen (secondary N) is 3. The van der Waals surface area contributed by atoms with Gasteiger partial charge in [0.2, 0.25) is 0 Å². The van der Waals surface area contributed by atoms with Gasteiger partial charge in [0.15, 0.2) is 11.6 Å². The lowest BCUT2D eigenvalue weighted by Gasteiger charge is -2.23. The van der Waals surface area contributed by atoms with Crippen LogP contribution in [0.4, 0.5) is 20.5 Å². The van der Waals surface area contributed by atoms with Gasteiger partial charge in [-0.05, 0) is 56.1 Å². The van der Waals surface area contributed by atoms with Crippen LogP contribution in [0.1, 0.15) is 44.9 Å².